The number of carbonyl (C=O) groups excluding carboxylic acids is 2. The van der Waals surface area contributed by atoms with E-state index in [0.29, 0.717) is 25.6 Å². The molecule has 24 heavy (non-hydrogen) atoms. The first-order valence-electron chi connectivity index (χ1n) is 8.89. The van der Waals surface area contributed by atoms with Crippen molar-refractivity contribution in [2.75, 3.05) is 26.2 Å². The lowest BCUT2D eigenvalue weighted by molar-refractivity contribution is -0.139. The Morgan fingerprint density at radius 3 is 2.00 bits per heavy atom. The molecule has 1 heterocycles. The van der Waals surface area contributed by atoms with Gasteiger partial charge in [0.1, 0.15) is 0 Å². The Balaban J connectivity index is 2.03. The highest BCUT2D eigenvalue weighted by Crippen LogP contribution is 2.20. The van der Waals surface area contributed by atoms with Crippen molar-refractivity contribution in [3.8, 4) is 0 Å². The van der Waals surface area contributed by atoms with Crippen molar-refractivity contribution in [1.82, 2.24) is 9.80 Å². The number of nitrogens with zero attached hydrogens (tertiary/aromatic N) is 2. The fraction of sp³-hybridized carbons (Fsp3) is 0.600. The van der Waals surface area contributed by atoms with Crippen LogP contribution in [0.2, 0.25) is 0 Å². The minimum absolute atomic E-state index is 0.0652. The van der Waals surface area contributed by atoms with Gasteiger partial charge in [-0.3, -0.25) is 9.59 Å². The normalized spacial score (nSPS) is 16.2. The molecule has 1 aliphatic heterocycles. The zero-order valence-corrected chi connectivity index (χ0v) is 15.6. The Bertz CT molecular complexity index is 585. The Morgan fingerprint density at radius 1 is 0.917 bits per heavy atom. The zero-order valence-electron chi connectivity index (χ0n) is 15.6. The fourth-order valence-corrected chi connectivity index (χ4v) is 2.99. The number of benzene rings is 1. The smallest absolute Gasteiger partial charge is 0.253 e. The van der Waals surface area contributed by atoms with Crippen molar-refractivity contribution in [1.29, 1.82) is 0 Å². The number of rotatable bonds is 2. The van der Waals surface area contributed by atoms with E-state index in [-0.39, 0.29) is 17.2 Å². The lowest BCUT2D eigenvalue weighted by Crippen LogP contribution is -2.42. The molecule has 2 amide bonds. The third-order valence-electron chi connectivity index (χ3n) is 4.54. The second-order valence-corrected chi connectivity index (χ2v) is 7.96. The molecule has 0 N–H and O–H groups in total. The molecule has 0 aromatic heterocycles. The van der Waals surface area contributed by atoms with Crippen LogP contribution in [0.3, 0.4) is 0 Å². The largest absolute Gasteiger partial charge is 0.340 e. The maximum absolute atomic E-state index is 12.7. The van der Waals surface area contributed by atoms with Gasteiger partial charge in [-0.2, -0.15) is 0 Å². The number of amides is 2. The number of carbonyl (C=O) groups is 2. The molecular weight excluding hydrogens is 300 g/mol. The van der Waals surface area contributed by atoms with Crippen LogP contribution in [-0.4, -0.2) is 47.8 Å². The first-order valence-corrected chi connectivity index (χ1v) is 8.89. The average molecular weight is 330 g/mol. The van der Waals surface area contributed by atoms with Gasteiger partial charge in [0, 0.05) is 37.2 Å². The van der Waals surface area contributed by atoms with Crippen LogP contribution in [0.1, 0.15) is 62.9 Å². The van der Waals surface area contributed by atoms with Crippen molar-refractivity contribution in [3.63, 3.8) is 0 Å². The molecule has 0 bridgehead atoms. The molecule has 0 aliphatic carbocycles. The van der Waals surface area contributed by atoms with Gasteiger partial charge in [-0.15, -0.1) is 0 Å². The second kappa shape index (κ2) is 7.37. The van der Waals surface area contributed by atoms with Crippen LogP contribution in [0.5, 0.6) is 0 Å². The quantitative estimate of drug-likeness (QED) is 0.832. The van der Waals surface area contributed by atoms with Gasteiger partial charge >= 0.3 is 0 Å². The summed E-state index contributed by atoms with van der Waals surface area (Å²) in [5.74, 6) is 0.692. The van der Waals surface area contributed by atoms with Crippen LogP contribution in [0, 0.1) is 5.41 Å². The molecule has 0 saturated carbocycles. The summed E-state index contributed by atoms with van der Waals surface area (Å²) < 4.78 is 0. The van der Waals surface area contributed by atoms with Gasteiger partial charge in [0.15, 0.2) is 0 Å². The molecule has 4 heteroatoms. The minimum atomic E-state index is -0.369. The summed E-state index contributed by atoms with van der Waals surface area (Å²) in [5.41, 5.74) is 1.60. The van der Waals surface area contributed by atoms with E-state index < -0.39 is 0 Å². The predicted octanol–water partition coefficient (Wildman–Crippen LogP) is 3.53. The number of hydrogen-bond acceptors (Lipinski definition) is 2. The molecule has 0 atom stereocenters. The maximum atomic E-state index is 12.7. The summed E-state index contributed by atoms with van der Waals surface area (Å²) in [6.45, 7) is 12.8. The summed E-state index contributed by atoms with van der Waals surface area (Å²) in [4.78, 5) is 28.9. The molecule has 0 spiro atoms. The van der Waals surface area contributed by atoms with E-state index in [1.165, 1.54) is 5.56 Å². The van der Waals surface area contributed by atoms with Gasteiger partial charge in [0.2, 0.25) is 5.91 Å². The topological polar surface area (TPSA) is 40.6 Å². The van der Waals surface area contributed by atoms with E-state index in [0.717, 1.165) is 18.5 Å². The van der Waals surface area contributed by atoms with E-state index in [2.05, 4.69) is 13.8 Å². The lowest BCUT2D eigenvalue weighted by Gasteiger charge is -2.28. The highest BCUT2D eigenvalue weighted by atomic mass is 16.2. The minimum Gasteiger partial charge on any atom is -0.340 e. The molecule has 132 valence electrons. The summed E-state index contributed by atoms with van der Waals surface area (Å²) >= 11 is 0. The lowest BCUT2D eigenvalue weighted by atomic mass is 9.94. The zero-order chi connectivity index (χ0) is 17.9. The van der Waals surface area contributed by atoms with Gasteiger partial charge in [-0.05, 0) is 30.0 Å². The van der Waals surface area contributed by atoms with Crippen molar-refractivity contribution < 1.29 is 9.59 Å². The van der Waals surface area contributed by atoms with Crippen molar-refractivity contribution in [2.24, 2.45) is 5.41 Å². The Labute approximate surface area is 145 Å². The highest BCUT2D eigenvalue weighted by molar-refractivity contribution is 5.94. The first-order chi connectivity index (χ1) is 11.2. The molecule has 0 unspecified atom stereocenters. The monoisotopic (exact) mass is 330 g/mol. The Morgan fingerprint density at radius 2 is 1.46 bits per heavy atom. The molecule has 1 saturated heterocycles. The standard InChI is InChI=1S/C20H30N2O2/c1-15(2)16-7-9-17(10-8-16)18(23)21-11-6-12-22(14-13-21)19(24)20(3,4)5/h7-10,15H,6,11-14H2,1-5H3. The van der Waals surface area contributed by atoms with Crippen LogP contribution >= 0.6 is 0 Å². The van der Waals surface area contributed by atoms with E-state index in [9.17, 15) is 9.59 Å². The first kappa shape index (κ1) is 18.5. The third-order valence-corrected chi connectivity index (χ3v) is 4.54. The fourth-order valence-electron chi connectivity index (χ4n) is 2.99. The molecule has 1 fully saturated rings. The van der Waals surface area contributed by atoms with E-state index in [1.54, 1.807) is 0 Å². The summed E-state index contributed by atoms with van der Waals surface area (Å²) in [7, 11) is 0. The summed E-state index contributed by atoms with van der Waals surface area (Å²) in [6, 6.07) is 7.90. The molecule has 4 nitrogen and oxygen atoms in total. The van der Waals surface area contributed by atoms with Crippen LogP contribution in [0.15, 0.2) is 24.3 Å². The molecule has 2 rings (SSSR count). The van der Waals surface area contributed by atoms with Crippen molar-refractivity contribution in [2.45, 2.75) is 47.0 Å². The van der Waals surface area contributed by atoms with Gasteiger partial charge in [-0.25, -0.2) is 0 Å². The maximum Gasteiger partial charge on any atom is 0.253 e. The van der Waals surface area contributed by atoms with Gasteiger partial charge < -0.3 is 9.80 Å². The highest BCUT2D eigenvalue weighted by Gasteiger charge is 2.29. The van der Waals surface area contributed by atoms with Gasteiger partial charge in [0.05, 0.1) is 0 Å². The van der Waals surface area contributed by atoms with Crippen LogP contribution in [0.25, 0.3) is 0 Å². The summed E-state index contributed by atoms with van der Waals surface area (Å²) in [6.07, 6.45) is 0.831. The van der Waals surface area contributed by atoms with E-state index in [1.807, 2.05) is 54.8 Å². The Kier molecular flexibility index (Phi) is 5.68. The van der Waals surface area contributed by atoms with Crippen LogP contribution in [-0.2, 0) is 4.79 Å². The average Bonchev–Trinajstić information content (AvgIpc) is 2.78. The van der Waals surface area contributed by atoms with Crippen LogP contribution < -0.4 is 0 Å². The Hall–Kier alpha value is -1.84. The van der Waals surface area contributed by atoms with Gasteiger partial charge in [-0.1, -0.05) is 46.8 Å². The van der Waals surface area contributed by atoms with Crippen LogP contribution in [0.4, 0.5) is 0 Å². The van der Waals surface area contributed by atoms with Crippen molar-refractivity contribution in [3.05, 3.63) is 35.4 Å². The van der Waals surface area contributed by atoms with E-state index >= 15 is 0 Å². The van der Waals surface area contributed by atoms with Gasteiger partial charge in [0.25, 0.3) is 5.91 Å². The predicted molar refractivity (Wildman–Crippen MR) is 97.1 cm³/mol. The third kappa shape index (κ3) is 4.37. The molecule has 1 aliphatic rings. The second-order valence-electron chi connectivity index (χ2n) is 7.96. The molecule has 1 aromatic carbocycles. The SMILES string of the molecule is CC(C)c1ccc(C(=O)N2CCCN(C(=O)C(C)(C)C)CC2)cc1. The van der Waals surface area contributed by atoms with E-state index in [4.69, 9.17) is 0 Å². The molecule has 1 aromatic rings. The molecular formula is C20H30N2O2. The summed E-state index contributed by atoms with van der Waals surface area (Å²) in [5, 5.41) is 0. The number of hydrogen-bond donors (Lipinski definition) is 0. The molecule has 0 radical (unpaired) electrons. The van der Waals surface area contributed by atoms with Crippen molar-refractivity contribution >= 4 is 11.8 Å².